The van der Waals surface area contributed by atoms with Gasteiger partial charge >= 0.3 is 6.09 Å². The lowest BCUT2D eigenvalue weighted by molar-refractivity contribution is -0.137. The quantitative estimate of drug-likeness (QED) is 0.349. The molecule has 0 unspecified atom stereocenters. The number of nitrogens with one attached hydrogen (secondary N) is 2. The van der Waals surface area contributed by atoms with E-state index in [1.807, 2.05) is 0 Å². The van der Waals surface area contributed by atoms with Crippen molar-refractivity contribution in [3.05, 3.63) is 12.2 Å². The molecule has 0 aromatic rings. The summed E-state index contributed by atoms with van der Waals surface area (Å²) in [5.41, 5.74) is -0.533. The van der Waals surface area contributed by atoms with Crippen molar-refractivity contribution >= 4 is 23.8 Å². The van der Waals surface area contributed by atoms with Gasteiger partial charge < -0.3 is 24.8 Å². The lowest BCUT2D eigenvalue weighted by Crippen LogP contribution is -2.35. The Morgan fingerprint density at radius 2 is 1.46 bits per heavy atom. The zero-order valence-corrected chi connectivity index (χ0v) is 16.6. The fourth-order valence-corrected chi connectivity index (χ4v) is 2.08. The molecule has 0 aliphatic carbocycles. The number of rotatable bonds is 12. The maximum Gasteiger partial charge on any atom is 0.407 e. The molecule has 1 aliphatic heterocycles. The molecule has 0 fully saturated rings. The molecule has 28 heavy (non-hydrogen) atoms. The summed E-state index contributed by atoms with van der Waals surface area (Å²) in [6.07, 6.45) is 1.93. The number of ether oxygens (including phenoxy) is 3. The molecule has 0 bridgehead atoms. The third kappa shape index (κ3) is 10.6. The van der Waals surface area contributed by atoms with Crippen molar-refractivity contribution in [2.75, 3.05) is 46.1 Å². The van der Waals surface area contributed by atoms with Crippen LogP contribution < -0.4 is 10.6 Å². The number of hydrogen-bond donors (Lipinski definition) is 2. The van der Waals surface area contributed by atoms with E-state index in [2.05, 4.69) is 10.6 Å². The van der Waals surface area contributed by atoms with Crippen LogP contribution in [0.4, 0.5) is 4.79 Å². The molecule has 0 aromatic heterocycles. The van der Waals surface area contributed by atoms with Crippen LogP contribution in [0.15, 0.2) is 12.2 Å². The topological polar surface area (TPSA) is 123 Å². The smallest absolute Gasteiger partial charge is 0.407 e. The van der Waals surface area contributed by atoms with Crippen molar-refractivity contribution < 1.29 is 33.4 Å². The highest BCUT2D eigenvalue weighted by atomic mass is 16.6. The molecule has 1 rings (SSSR count). The standard InChI is InChI=1S/C18H29N3O7/c1-18(2,3)28-17(25)20-8-11-27-13-12-26-10-7-19-14(22)6-9-21-15(23)4-5-16(21)24/h4-5H,6-13H2,1-3H3,(H,19,22)(H,20,25). The van der Waals surface area contributed by atoms with E-state index in [0.29, 0.717) is 39.5 Å². The Labute approximate surface area is 164 Å². The largest absolute Gasteiger partial charge is 0.444 e. The van der Waals surface area contributed by atoms with Gasteiger partial charge in [0.15, 0.2) is 0 Å². The summed E-state index contributed by atoms with van der Waals surface area (Å²) < 4.78 is 15.7. The average molecular weight is 399 g/mol. The molecule has 0 radical (unpaired) electrons. The summed E-state index contributed by atoms with van der Waals surface area (Å²) in [7, 11) is 0. The Morgan fingerprint density at radius 3 is 2.00 bits per heavy atom. The van der Waals surface area contributed by atoms with Crippen LogP contribution in [-0.2, 0) is 28.6 Å². The number of nitrogens with zero attached hydrogens (tertiary/aromatic N) is 1. The number of alkyl carbamates (subject to hydrolysis) is 1. The first-order chi connectivity index (χ1) is 13.2. The number of imide groups is 1. The molecule has 10 nitrogen and oxygen atoms in total. The van der Waals surface area contributed by atoms with Crippen molar-refractivity contribution in [3.8, 4) is 0 Å². The van der Waals surface area contributed by atoms with E-state index < -0.39 is 23.5 Å². The van der Waals surface area contributed by atoms with Gasteiger partial charge in [-0.1, -0.05) is 0 Å². The fraction of sp³-hybridized carbons (Fsp3) is 0.667. The van der Waals surface area contributed by atoms with E-state index in [9.17, 15) is 19.2 Å². The first-order valence-corrected chi connectivity index (χ1v) is 9.11. The molecule has 4 amide bonds. The van der Waals surface area contributed by atoms with E-state index >= 15 is 0 Å². The fourth-order valence-electron chi connectivity index (χ4n) is 2.08. The number of hydrogen-bond acceptors (Lipinski definition) is 7. The first-order valence-electron chi connectivity index (χ1n) is 9.11. The van der Waals surface area contributed by atoms with Crippen LogP contribution in [0.3, 0.4) is 0 Å². The van der Waals surface area contributed by atoms with Gasteiger partial charge in [-0.15, -0.1) is 0 Å². The van der Waals surface area contributed by atoms with Gasteiger partial charge in [0.1, 0.15) is 5.60 Å². The average Bonchev–Trinajstić information content (AvgIpc) is 2.91. The van der Waals surface area contributed by atoms with Gasteiger partial charge in [-0.2, -0.15) is 0 Å². The lowest BCUT2D eigenvalue weighted by atomic mass is 10.2. The van der Waals surface area contributed by atoms with Crippen molar-refractivity contribution in [1.82, 2.24) is 15.5 Å². The number of carbonyl (C=O) groups excluding carboxylic acids is 4. The number of carbonyl (C=O) groups is 4. The van der Waals surface area contributed by atoms with Gasteiger partial charge in [-0.25, -0.2) is 4.79 Å². The van der Waals surface area contributed by atoms with Crippen LogP contribution in [0.2, 0.25) is 0 Å². The minimum absolute atomic E-state index is 0.0485. The summed E-state index contributed by atoms with van der Waals surface area (Å²) in [4.78, 5) is 46.7. The van der Waals surface area contributed by atoms with E-state index in [0.717, 1.165) is 4.90 Å². The van der Waals surface area contributed by atoms with Gasteiger partial charge in [-0.05, 0) is 20.8 Å². The summed E-state index contributed by atoms with van der Waals surface area (Å²) in [5.74, 6) is -1.06. The molecular weight excluding hydrogens is 370 g/mol. The zero-order valence-electron chi connectivity index (χ0n) is 16.6. The Bertz CT molecular complexity index is 566. The van der Waals surface area contributed by atoms with Crippen LogP contribution in [0.25, 0.3) is 0 Å². The zero-order chi connectivity index (χ0) is 21.0. The normalized spacial score (nSPS) is 13.8. The van der Waals surface area contributed by atoms with Crippen molar-refractivity contribution in [3.63, 3.8) is 0 Å². The minimum Gasteiger partial charge on any atom is -0.444 e. The molecule has 0 spiro atoms. The summed E-state index contributed by atoms with van der Waals surface area (Å²) in [5, 5.41) is 5.22. The van der Waals surface area contributed by atoms with Gasteiger partial charge in [0.05, 0.1) is 26.4 Å². The Morgan fingerprint density at radius 1 is 0.929 bits per heavy atom. The predicted molar refractivity (Wildman–Crippen MR) is 99.4 cm³/mol. The predicted octanol–water partition coefficient (Wildman–Crippen LogP) is -0.0244. The van der Waals surface area contributed by atoms with Crippen molar-refractivity contribution in [2.24, 2.45) is 0 Å². The monoisotopic (exact) mass is 399 g/mol. The molecule has 2 N–H and O–H groups in total. The van der Waals surface area contributed by atoms with E-state index in [1.54, 1.807) is 20.8 Å². The van der Waals surface area contributed by atoms with Crippen molar-refractivity contribution in [1.29, 1.82) is 0 Å². The van der Waals surface area contributed by atoms with E-state index in [4.69, 9.17) is 14.2 Å². The van der Waals surface area contributed by atoms with E-state index in [-0.39, 0.29) is 18.9 Å². The third-order valence-corrected chi connectivity index (χ3v) is 3.32. The Hall–Kier alpha value is -2.46. The maximum atomic E-state index is 11.7. The Kier molecular flexibility index (Phi) is 10.2. The van der Waals surface area contributed by atoms with Crippen LogP contribution in [-0.4, -0.2) is 80.4 Å². The molecule has 10 heteroatoms. The first kappa shape index (κ1) is 23.6. The van der Waals surface area contributed by atoms with Crippen molar-refractivity contribution in [2.45, 2.75) is 32.8 Å². The lowest BCUT2D eigenvalue weighted by Gasteiger charge is -2.19. The highest BCUT2D eigenvalue weighted by Crippen LogP contribution is 2.06. The van der Waals surface area contributed by atoms with Gasteiger partial charge in [0, 0.05) is 38.2 Å². The Balaban J connectivity index is 1.90. The second-order valence-corrected chi connectivity index (χ2v) is 6.91. The number of amides is 4. The van der Waals surface area contributed by atoms with Crippen LogP contribution in [0, 0.1) is 0 Å². The van der Waals surface area contributed by atoms with Gasteiger partial charge in [0.25, 0.3) is 11.8 Å². The molecule has 0 atom stereocenters. The SMILES string of the molecule is CC(C)(C)OC(=O)NCCOCCOCCNC(=O)CCN1C(=O)C=CC1=O. The van der Waals surface area contributed by atoms with Gasteiger partial charge in [-0.3, -0.25) is 19.3 Å². The van der Waals surface area contributed by atoms with Crippen LogP contribution in [0.1, 0.15) is 27.2 Å². The van der Waals surface area contributed by atoms with Crippen LogP contribution >= 0.6 is 0 Å². The van der Waals surface area contributed by atoms with Gasteiger partial charge in [0.2, 0.25) is 5.91 Å². The maximum absolute atomic E-state index is 11.7. The molecule has 1 aliphatic rings. The summed E-state index contributed by atoms with van der Waals surface area (Å²) >= 11 is 0. The molecule has 0 saturated carbocycles. The molecular formula is C18H29N3O7. The summed E-state index contributed by atoms with van der Waals surface area (Å²) in [6.45, 7) is 7.43. The highest BCUT2D eigenvalue weighted by molar-refractivity contribution is 6.13. The minimum atomic E-state index is -0.533. The van der Waals surface area contributed by atoms with E-state index in [1.165, 1.54) is 12.2 Å². The second kappa shape index (κ2) is 12.1. The molecule has 158 valence electrons. The molecule has 1 heterocycles. The highest BCUT2D eigenvalue weighted by Gasteiger charge is 2.23. The molecule has 0 aromatic carbocycles. The molecule has 0 saturated heterocycles. The van der Waals surface area contributed by atoms with Crippen LogP contribution in [0.5, 0.6) is 0 Å². The third-order valence-electron chi connectivity index (χ3n) is 3.32. The second-order valence-electron chi connectivity index (χ2n) is 6.91. The summed E-state index contributed by atoms with van der Waals surface area (Å²) in [6, 6.07) is 0.